The summed E-state index contributed by atoms with van der Waals surface area (Å²) in [7, 11) is 0. The number of likely N-dealkylation sites (tertiary alicyclic amines) is 1. The third-order valence-corrected chi connectivity index (χ3v) is 5.65. The van der Waals surface area contributed by atoms with Gasteiger partial charge >= 0.3 is 0 Å². The van der Waals surface area contributed by atoms with E-state index in [-0.39, 0.29) is 5.91 Å². The minimum absolute atomic E-state index is 0.0449. The highest BCUT2D eigenvalue weighted by Crippen LogP contribution is 2.27. The zero-order valence-corrected chi connectivity index (χ0v) is 13.2. The van der Waals surface area contributed by atoms with E-state index in [1.165, 1.54) is 17.8 Å². The molecule has 4 rings (SSSR count). The Hall–Kier alpha value is -1.50. The van der Waals surface area contributed by atoms with E-state index in [9.17, 15) is 4.79 Å². The molecule has 22 heavy (non-hydrogen) atoms. The molecule has 0 saturated carbocycles. The van der Waals surface area contributed by atoms with Gasteiger partial charge in [-0.25, -0.2) is 4.98 Å². The number of carbonyl (C=O) groups excluding carboxylic acids is 1. The normalized spacial score (nSPS) is 25.3. The van der Waals surface area contributed by atoms with Gasteiger partial charge in [0.2, 0.25) is 5.91 Å². The summed E-state index contributed by atoms with van der Waals surface area (Å²) in [6, 6.07) is 7.96. The Morgan fingerprint density at radius 1 is 1.36 bits per heavy atom. The summed E-state index contributed by atoms with van der Waals surface area (Å²) < 4.78 is 1.11. The Morgan fingerprint density at radius 2 is 2.23 bits per heavy atom. The van der Waals surface area contributed by atoms with Crippen LogP contribution in [0.5, 0.6) is 0 Å². The first kappa shape index (κ1) is 14.1. The smallest absolute Gasteiger partial charge is 0.240 e. The number of anilines is 1. The summed E-state index contributed by atoms with van der Waals surface area (Å²) in [5.74, 6) is 1.57. The van der Waals surface area contributed by atoms with E-state index in [1.807, 2.05) is 24.3 Å². The second kappa shape index (κ2) is 5.95. The largest absolute Gasteiger partial charge is 0.316 e. The molecule has 0 aliphatic carbocycles. The predicted octanol–water partition coefficient (Wildman–Crippen LogP) is 1.78. The van der Waals surface area contributed by atoms with Crippen LogP contribution in [0.3, 0.4) is 0 Å². The molecule has 1 amide bonds. The highest BCUT2D eigenvalue weighted by molar-refractivity contribution is 7.22. The molecule has 2 saturated heterocycles. The van der Waals surface area contributed by atoms with Crippen molar-refractivity contribution in [3.05, 3.63) is 24.3 Å². The van der Waals surface area contributed by atoms with Crippen LogP contribution >= 0.6 is 11.3 Å². The number of carbonyl (C=O) groups is 1. The molecule has 2 N–H and O–H groups in total. The van der Waals surface area contributed by atoms with Gasteiger partial charge in [0.1, 0.15) is 0 Å². The molecule has 0 radical (unpaired) electrons. The molecular formula is C16H20N4OS. The summed E-state index contributed by atoms with van der Waals surface area (Å²) in [5, 5.41) is 7.10. The summed E-state index contributed by atoms with van der Waals surface area (Å²) in [6.07, 6.45) is 1.20. The molecule has 1 aromatic heterocycles. The third-order valence-electron chi connectivity index (χ3n) is 4.70. The number of amides is 1. The van der Waals surface area contributed by atoms with Crippen molar-refractivity contribution in [2.75, 3.05) is 38.0 Å². The maximum absolute atomic E-state index is 12.2. The van der Waals surface area contributed by atoms with Crippen LogP contribution in [0.1, 0.15) is 6.42 Å². The number of nitrogens with zero attached hydrogens (tertiary/aromatic N) is 2. The molecule has 0 spiro atoms. The molecule has 2 fully saturated rings. The molecular weight excluding hydrogens is 296 g/mol. The zero-order chi connectivity index (χ0) is 14.9. The van der Waals surface area contributed by atoms with E-state index in [4.69, 9.17) is 0 Å². The number of piperidine rings is 1. The number of rotatable bonds is 3. The molecule has 6 heteroatoms. The Bertz CT molecular complexity index is 653. The van der Waals surface area contributed by atoms with Gasteiger partial charge in [-0.05, 0) is 50.0 Å². The molecule has 0 bridgehead atoms. The molecule has 1 aromatic carbocycles. The molecule has 5 nitrogen and oxygen atoms in total. The van der Waals surface area contributed by atoms with Crippen molar-refractivity contribution in [2.45, 2.75) is 6.42 Å². The van der Waals surface area contributed by atoms with Gasteiger partial charge in [-0.3, -0.25) is 9.69 Å². The van der Waals surface area contributed by atoms with Crippen LogP contribution in [0.4, 0.5) is 5.13 Å². The Labute approximate surface area is 133 Å². The van der Waals surface area contributed by atoms with Crippen LogP contribution < -0.4 is 10.6 Å². The van der Waals surface area contributed by atoms with Gasteiger partial charge < -0.3 is 10.6 Å². The van der Waals surface area contributed by atoms with Crippen molar-refractivity contribution in [3.8, 4) is 0 Å². The van der Waals surface area contributed by atoms with E-state index in [0.717, 1.165) is 42.3 Å². The molecule has 116 valence electrons. The van der Waals surface area contributed by atoms with Crippen molar-refractivity contribution in [1.82, 2.24) is 15.2 Å². The lowest BCUT2D eigenvalue weighted by Crippen LogP contribution is -2.43. The molecule has 2 atom stereocenters. The Kier molecular flexibility index (Phi) is 3.82. The summed E-state index contributed by atoms with van der Waals surface area (Å²) in [4.78, 5) is 19.0. The SMILES string of the molecule is O=C(CN1CCC2CNCC2C1)Nc1nc2ccccc2s1. The monoisotopic (exact) mass is 316 g/mol. The average Bonchev–Trinajstić information content (AvgIpc) is 3.11. The quantitative estimate of drug-likeness (QED) is 0.906. The number of para-hydroxylation sites is 1. The minimum atomic E-state index is 0.0449. The van der Waals surface area contributed by atoms with Crippen molar-refractivity contribution in [3.63, 3.8) is 0 Å². The average molecular weight is 316 g/mol. The van der Waals surface area contributed by atoms with Crippen molar-refractivity contribution < 1.29 is 4.79 Å². The van der Waals surface area contributed by atoms with Crippen LogP contribution in [-0.2, 0) is 4.79 Å². The molecule has 2 aliphatic rings. The van der Waals surface area contributed by atoms with Crippen LogP contribution in [0.25, 0.3) is 10.2 Å². The number of thiazole rings is 1. The number of hydrogen-bond acceptors (Lipinski definition) is 5. The predicted molar refractivity (Wildman–Crippen MR) is 89.2 cm³/mol. The maximum atomic E-state index is 12.2. The number of hydrogen-bond donors (Lipinski definition) is 2. The lowest BCUT2D eigenvalue weighted by molar-refractivity contribution is -0.117. The number of nitrogens with one attached hydrogen (secondary N) is 2. The van der Waals surface area contributed by atoms with E-state index >= 15 is 0 Å². The highest BCUT2D eigenvalue weighted by atomic mass is 32.1. The van der Waals surface area contributed by atoms with Crippen molar-refractivity contribution >= 4 is 32.6 Å². The lowest BCUT2D eigenvalue weighted by Gasteiger charge is -2.33. The van der Waals surface area contributed by atoms with E-state index in [1.54, 1.807) is 0 Å². The van der Waals surface area contributed by atoms with Crippen molar-refractivity contribution in [2.24, 2.45) is 11.8 Å². The number of benzene rings is 1. The van der Waals surface area contributed by atoms with Crippen molar-refractivity contribution in [1.29, 1.82) is 0 Å². The second-order valence-corrected chi connectivity index (χ2v) is 7.27. The van der Waals surface area contributed by atoms with Gasteiger partial charge in [-0.1, -0.05) is 23.5 Å². The standard InChI is InChI=1S/C16H20N4OS/c21-15(10-20-6-5-11-7-17-8-12(11)9-20)19-16-18-13-3-1-2-4-14(13)22-16/h1-4,11-12,17H,5-10H2,(H,18,19,21). The lowest BCUT2D eigenvalue weighted by atomic mass is 9.89. The van der Waals surface area contributed by atoms with E-state index in [0.29, 0.717) is 17.6 Å². The second-order valence-electron chi connectivity index (χ2n) is 6.24. The minimum Gasteiger partial charge on any atom is -0.316 e. The molecule has 3 heterocycles. The van der Waals surface area contributed by atoms with Gasteiger partial charge in [0.15, 0.2) is 5.13 Å². The fraction of sp³-hybridized carbons (Fsp3) is 0.500. The topological polar surface area (TPSA) is 57.3 Å². The fourth-order valence-electron chi connectivity index (χ4n) is 3.54. The maximum Gasteiger partial charge on any atom is 0.240 e. The summed E-state index contributed by atoms with van der Waals surface area (Å²) in [6.45, 7) is 4.78. The van der Waals surface area contributed by atoms with Gasteiger partial charge in [0.05, 0.1) is 16.8 Å². The summed E-state index contributed by atoms with van der Waals surface area (Å²) in [5.41, 5.74) is 0.945. The Balaban J connectivity index is 1.36. The van der Waals surface area contributed by atoms with Gasteiger partial charge in [-0.15, -0.1) is 0 Å². The van der Waals surface area contributed by atoms with E-state index in [2.05, 4.69) is 20.5 Å². The van der Waals surface area contributed by atoms with Crippen LogP contribution in [0.2, 0.25) is 0 Å². The first-order valence-corrected chi connectivity index (χ1v) is 8.68. The highest BCUT2D eigenvalue weighted by Gasteiger charge is 2.33. The summed E-state index contributed by atoms with van der Waals surface area (Å²) >= 11 is 1.53. The van der Waals surface area contributed by atoms with Crippen LogP contribution in [0, 0.1) is 11.8 Å². The molecule has 2 aliphatic heterocycles. The molecule has 2 aromatic rings. The first-order chi connectivity index (χ1) is 10.8. The fourth-order valence-corrected chi connectivity index (χ4v) is 4.42. The van der Waals surface area contributed by atoms with Crippen LogP contribution in [0.15, 0.2) is 24.3 Å². The van der Waals surface area contributed by atoms with Gasteiger partial charge in [-0.2, -0.15) is 0 Å². The van der Waals surface area contributed by atoms with Gasteiger partial charge in [0.25, 0.3) is 0 Å². The zero-order valence-electron chi connectivity index (χ0n) is 12.4. The third kappa shape index (κ3) is 2.86. The van der Waals surface area contributed by atoms with E-state index < -0.39 is 0 Å². The Morgan fingerprint density at radius 3 is 3.14 bits per heavy atom. The first-order valence-electron chi connectivity index (χ1n) is 7.86. The molecule has 2 unspecified atom stereocenters. The number of aromatic nitrogens is 1. The van der Waals surface area contributed by atoms with Gasteiger partial charge in [0, 0.05) is 6.54 Å². The number of fused-ring (bicyclic) bond motifs is 2. The van der Waals surface area contributed by atoms with Crippen LogP contribution in [-0.4, -0.2) is 48.5 Å².